The van der Waals surface area contributed by atoms with Crippen molar-refractivity contribution in [1.29, 1.82) is 0 Å². The van der Waals surface area contributed by atoms with E-state index in [0.29, 0.717) is 24.5 Å². The zero-order valence-corrected chi connectivity index (χ0v) is 16.9. The third-order valence-electron chi connectivity index (χ3n) is 5.41. The molecular formula is C23H24N4O3. The van der Waals surface area contributed by atoms with Crippen molar-refractivity contribution in [2.24, 2.45) is 0 Å². The number of H-pyrrole nitrogens is 1. The Morgan fingerprint density at radius 3 is 2.70 bits per heavy atom. The maximum Gasteiger partial charge on any atom is 0.251 e. The van der Waals surface area contributed by atoms with Crippen molar-refractivity contribution in [3.8, 4) is 17.0 Å². The largest absolute Gasteiger partial charge is 0.497 e. The Kier molecular flexibility index (Phi) is 5.88. The Bertz CT molecular complexity index is 1060. The summed E-state index contributed by atoms with van der Waals surface area (Å²) in [6.07, 6.45) is 5.46. The molecule has 3 aromatic rings. The summed E-state index contributed by atoms with van der Waals surface area (Å²) in [6, 6.07) is 12.7. The third-order valence-corrected chi connectivity index (χ3v) is 5.41. The SMILES string of the molecule is COc1ccc(CC(=O)N2CCC[C@H](c3nc(-c4ccncc4)cc(=O)[nH]3)C2)cc1. The predicted octanol–water partition coefficient (Wildman–Crippen LogP) is 2.79. The van der Waals surface area contributed by atoms with Gasteiger partial charge in [0.15, 0.2) is 0 Å². The standard InChI is InChI=1S/C23H24N4O3/c1-30-19-6-4-16(5-7-19)13-22(29)27-12-2-3-18(15-27)23-25-20(14-21(28)26-23)17-8-10-24-11-9-17/h4-11,14,18H,2-3,12-13,15H2,1H3,(H,25,26,28)/t18-/m0/s1. The molecule has 1 fully saturated rings. The third kappa shape index (κ3) is 4.56. The van der Waals surface area contributed by atoms with Gasteiger partial charge < -0.3 is 14.6 Å². The Labute approximate surface area is 174 Å². The fraction of sp³-hybridized carbons (Fsp3) is 0.304. The molecule has 3 heterocycles. The van der Waals surface area contributed by atoms with E-state index in [1.54, 1.807) is 19.5 Å². The van der Waals surface area contributed by atoms with Gasteiger partial charge in [-0.15, -0.1) is 0 Å². The number of amides is 1. The molecule has 1 atom stereocenters. The Balaban J connectivity index is 1.49. The lowest BCUT2D eigenvalue weighted by molar-refractivity contribution is -0.131. The van der Waals surface area contributed by atoms with Gasteiger partial charge >= 0.3 is 0 Å². The number of hydrogen-bond acceptors (Lipinski definition) is 5. The first kappa shape index (κ1) is 19.8. The summed E-state index contributed by atoms with van der Waals surface area (Å²) < 4.78 is 5.17. The maximum atomic E-state index is 12.8. The van der Waals surface area contributed by atoms with E-state index in [1.807, 2.05) is 41.3 Å². The quantitative estimate of drug-likeness (QED) is 0.706. The molecule has 0 unspecified atom stereocenters. The second-order valence-corrected chi connectivity index (χ2v) is 7.46. The van der Waals surface area contributed by atoms with Gasteiger partial charge in [0, 0.05) is 43.0 Å². The van der Waals surface area contributed by atoms with E-state index < -0.39 is 0 Å². The molecular weight excluding hydrogens is 380 g/mol. The smallest absolute Gasteiger partial charge is 0.251 e. The van der Waals surface area contributed by atoms with Gasteiger partial charge in [-0.25, -0.2) is 4.98 Å². The number of likely N-dealkylation sites (tertiary alicyclic amines) is 1. The number of methoxy groups -OCH3 is 1. The van der Waals surface area contributed by atoms with Crippen molar-refractivity contribution in [2.45, 2.75) is 25.2 Å². The lowest BCUT2D eigenvalue weighted by Crippen LogP contribution is -2.40. The van der Waals surface area contributed by atoms with Gasteiger partial charge in [-0.3, -0.25) is 14.6 Å². The fourth-order valence-corrected chi connectivity index (χ4v) is 3.80. The number of nitrogens with one attached hydrogen (secondary N) is 1. The van der Waals surface area contributed by atoms with Gasteiger partial charge in [-0.05, 0) is 42.7 Å². The van der Waals surface area contributed by atoms with Crippen molar-refractivity contribution >= 4 is 5.91 Å². The number of carbonyl (C=O) groups excluding carboxylic acids is 1. The van der Waals surface area contributed by atoms with Crippen molar-refractivity contribution in [2.75, 3.05) is 20.2 Å². The van der Waals surface area contributed by atoms with E-state index in [2.05, 4.69) is 15.0 Å². The summed E-state index contributed by atoms with van der Waals surface area (Å²) in [5, 5.41) is 0. The van der Waals surface area contributed by atoms with Crippen molar-refractivity contribution in [3.63, 3.8) is 0 Å². The van der Waals surface area contributed by atoms with Crippen LogP contribution >= 0.6 is 0 Å². The zero-order valence-electron chi connectivity index (χ0n) is 16.9. The number of nitrogens with zero attached hydrogens (tertiary/aromatic N) is 3. The minimum absolute atomic E-state index is 0.00746. The van der Waals surface area contributed by atoms with Crippen LogP contribution in [-0.2, 0) is 11.2 Å². The summed E-state index contributed by atoms with van der Waals surface area (Å²) >= 11 is 0. The number of benzene rings is 1. The van der Waals surface area contributed by atoms with E-state index in [-0.39, 0.29) is 17.4 Å². The average molecular weight is 404 g/mol. The van der Waals surface area contributed by atoms with Crippen LogP contribution in [0, 0.1) is 0 Å². The molecule has 154 valence electrons. The van der Waals surface area contributed by atoms with E-state index in [0.717, 1.165) is 36.3 Å². The molecule has 1 aliphatic rings. The van der Waals surface area contributed by atoms with E-state index >= 15 is 0 Å². The van der Waals surface area contributed by atoms with Crippen LogP contribution in [0.5, 0.6) is 5.75 Å². The summed E-state index contributed by atoms with van der Waals surface area (Å²) in [7, 11) is 1.62. The Morgan fingerprint density at radius 2 is 1.97 bits per heavy atom. The second-order valence-electron chi connectivity index (χ2n) is 7.46. The second kappa shape index (κ2) is 8.90. The maximum absolute atomic E-state index is 12.8. The highest BCUT2D eigenvalue weighted by Gasteiger charge is 2.26. The first-order valence-electron chi connectivity index (χ1n) is 10.0. The summed E-state index contributed by atoms with van der Waals surface area (Å²) in [5.74, 6) is 1.50. The fourth-order valence-electron chi connectivity index (χ4n) is 3.80. The molecule has 0 aliphatic carbocycles. The lowest BCUT2D eigenvalue weighted by atomic mass is 9.96. The molecule has 0 radical (unpaired) electrons. The van der Waals surface area contributed by atoms with Crippen LogP contribution in [0.4, 0.5) is 0 Å². The molecule has 1 saturated heterocycles. The number of hydrogen-bond donors (Lipinski definition) is 1. The van der Waals surface area contributed by atoms with Gasteiger partial charge in [0.1, 0.15) is 11.6 Å². The molecule has 2 aromatic heterocycles. The number of pyridine rings is 1. The van der Waals surface area contributed by atoms with Crippen molar-refractivity contribution < 1.29 is 9.53 Å². The van der Waals surface area contributed by atoms with Gasteiger partial charge in [-0.1, -0.05) is 12.1 Å². The molecule has 1 N–H and O–H groups in total. The minimum atomic E-state index is -0.187. The summed E-state index contributed by atoms with van der Waals surface area (Å²) in [4.78, 5) is 38.5. The Morgan fingerprint density at radius 1 is 1.20 bits per heavy atom. The van der Waals surface area contributed by atoms with Crippen LogP contribution in [0.15, 0.2) is 59.7 Å². The summed E-state index contributed by atoms with van der Waals surface area (Å²) in [5.41, 5.74) is 2.24. The number of ether oxygens (including phenoxy) is 1. The first-order valence-corrected chi connectivity index (χ1v) is 10.0. The van der Waals surface area contributed by atoms with Crippen LogP contribution in [-0.4, -0.2) is 46.0 Å². The predicted molar refractivity (Wildman–Crippen MR) is 113 cm³/mol. The van der Waals surface area contributed by atoms with Gasteiger partial charge in [0.2, 0.25) is 5.91 Å². The van der Waals surface area contributed by atoms with Crippen LogP contribution < -0.4 is 10.3 Å². The van der Waals surface area contributed by atoms with Crippen LogP contribution in [0.2, 0.25) is 0 Å². The Hall–Kier alpha value is -3.48. The molecule has 7 heteroatoms. The van der Waals surface area contributed by atoms with E-state index in [4.69, 9.17) is 4.74 Å². The average Bonchev–Trinajstić information content (AvgIpc) is 2.80. The van der Waals surface area contributed by atoms with Gasteiger partial charge in [0.25, 0.3) is 5.56 Å². The first-order chi connectivity index (χ1) is 14.6. The zero-order chi connectivity index (χ0) is 20.9. The molecule has 1 aromatic carbocycles. The molecule has 0 saturated carbocycles. The van der Waals surface area contributed by atoms with Gasteiger partial charge in [-0.2, -0.15) is 0 Å². The highest BCUT2D eigenvalue weighted by molar-refractivity contribution is 5.79. The highest BCUT2D eigenvalue weighted by Crippen LogP contribution is 2.26. The van der Waals surface area contributed by atoms with E-state index in [1.165, 1.54) is 6.07 Å². The number of aromatic nitrogens is 3. The van der Waals surface area contributed by atoms with Crippen LogP contribution in [0.3, 0.4) is 0 Å². The monoisotopic (exact) mass is 404 g/mol. The number of piperidine rings is 1. The molecule has 30 heavy (non-hydrogen) atoms. The normalized spacial score (nSPS) is 16.3. The molecule has 7 nitrogen and oxygen atoms in total. The number of rotatable bonds is 5. The molecule has 1 aliphatic heterocycles. The van der Waals surface area contributed by atoms with Crippen LogP contribution in [0.1, 0.15) is 30.1 Å². The van der Waals surface area contributed by atoms with Crippen molar-refractivity contribution in [3.05, 3.63) is 76.6 Å². The molecule has 4 rings (SSSR count). The van der Waals surface area contributed by atoms with E-state index in [9.17, 15) is 9.59 Å². The molecule has 0 bridgehead atoms. The number of aromatic amines is 1. The van der Waals surface area contributed by atoms with Gasteiger partial charge in [0.05, 0.1) is 19.2 Å². The summed E-state index contributed by atoms with van der Waals surface area (Å²) in [6.45, 7) is 1.28. The lowest BCUT2D eigenvalue weighted by Gasteiger charge is -2.32. The van der Waals surface area contributed by atoms with Crippen molar-refractivity contribution in [1.82, 2.24) is 19.9 Å². The highest BCUT2D eigenvalue weighted by atomic mass is 16.5. The molecule has 1 amide bonds. The van der Waals surface area contributed by atoms with Crippen LogP contribution in [0.25, 0.3) is 11.3 Å². The molecule has 0 spiro atoms. The topological polar surface area (TPSA) is 88.2 Å². The minimum Gasteiger partial charge on any atom is -0.497 e. The number of carbonyl (C=O) groups is 1.